The minimum absolute atomic E-state index is 0.137. The van der Waals surface area contributed by atoms with Crippen LogP contribution in [0.15, 0.2) is 76.5 Å². The maximum atomic E-state index is 5.59. The van der Waals surface area contributed by atoms with Gasteiger partial charge in [0.15, 0.2) is 0 Å². The fraction of sp³-hybridized carbons (Fsp3) is 0.150. The van der Waals surface area contributed by atoms with Gasteiger partial charge in [-0.05, 0) is 35.0 Å². The largest absolute Gasteiger partial charge is 0.496 e. The second-order valence-corrected chi connectivity index (χ2v) is 6.48. The van der Waals surface area contributed by atoms with Crippen LogP contribution in [-0.4, -0.2) is 12.8 Å². The van der Waals surface area contributed by atoms with Crippen LogP contribution < -0.4 is 9.75 Å². The topological polar surface area (TPSA) is 24.8 Å². The summed E-state index contributed by atoms with van der Waals surface area (Å²) in [4.78, 5) is 0. The number of methoxy groups -OCH3 is 1. The van der Waals surface area contributed by atoms with Crippen molar-refractivity contribution >= 4 is 22.7 Å². The molecule has 2 heterocycles. The number of hydrazone groups is 1. The van der Waals surface area contributed by atoms with Crippen molar-refractivity contribution in [2.75, 3.05) is 12.1 Å². The molecule has 4 rings (SSSR count). The predicted octanol–water partition coefficient (Wildman–Crippen LogP) is 5.11. The summed E-state index contributed by atoms with van der Waals surface area (Å²) < 4.78 is 5.59. The van der Waals surface area contributed by atoms with E-state index in [4.69, 9.17) is 9.84 Å². The molecule has 0 aliphatic carbocycles. The Morgan fingerprint density at radius 2 is 1.83 bits per heavy atom. The maximum absolute atomic E-state index is 5.59. The number of benzene rings is 2. The van der Waals surface area contributed by atoms with Crippen molar-refractivity contribution in [1.82, 2.24) is 0 Å². The summed E-state index contributed by atoms with van der Waals surface area (Å²) in [5.74, 6) is 0.908. The first-order valence-electron chi connectivity index (χ1n) is 7.94. The average molecular weight is 334 g/mol. The van der Waals surface area contributed by atoms with Gasteiger partial charge in [0.05, 0.1) is 24.6 Å². The van der Waals surface area contributed by atoms with E-state index in [9.17, 15) is 0 Å². The van der Waals surface area contributed by atoms with Crippen LogP contribution in [-0.2, 0) is 0 Å². The van der Waals surface area contributed by atoms with E-state index in [1.54, 1.807) is 18.4 Å². The molecule has 0 fully saturated rings. The highest BCUT2D eigenvalue weighted by molar-refractivity contribution is 7.08. The lowest BCUT2D eigenvalue weighted by Crippen LogP contribution is -2.19. The Morgan fingerprint density at radius 1 is 1.04 bits per heavy atom. The number of thiophene rings is 1. The zero-order valence-electron chi connectivity index (χ0n) is 13.4. The molecule has 1 unspecified atom stereocenters. The van der Waals surface area contributed by atoms with Gasteiger partial charge in [-0.2, -0.15) is 16.4 Å². The Hall–Kier alpha value is -2.59. The number of hydrogen-bond donors (Lipinski definition) is 0. The van der Waals surface area contributed by atoms with Crippen molar-refractivity contribution in [3.8, 4) is 5.75 Å². The fourth-order valence-electron chi connectivity index (χ4n) is 3.12. The molecule has 1 aliphatic rings. The van der Waals surface area contributed by atoms with Gasteiger partial charge in [-0.1, -0.05) is 36.4 Å². The molecule has 2 aromatic carbocycles. The summed E-state index contributed by atoms with van der Waals surface area (Å²) in [6.07, 6.45) is 0.867. The maximum Gasteiger partial charge on any atom is 0.124 e. The Morgan fingerprint density at radius 3 is 2.58 bits per heavy atom. The van der Waals surface area contributed by atoms with Gasteiger partial charge in [-0.15, -0.1) is 0 Å². The molecular formula is C20H18N2OS. The lowest BCUT2D eigenvalue weighted by molar-refractivity contribution is 0.405. The quantitative estimate of drug-likeness (QED) is 0.662. The van der Waals surface area contributed by atoms with E-state index in [1.807, 2.05) is 30.3 Å². The molecule has 0 amide bonds. The second kappa shape index (κ2) is 6.49. The molecule has 120 valence electrons. The number of ether oxygens (including phenoxy) is 1. The van der Waals surface area contributed by atoms with E-state index in [-0.39, 0.29) is 6.04 Å². The van der Waals surface area contributed by atoms with Crippen LogP contribution in [0.4, 0.5) is 5.69 Å². The standard InChI is InChI=1S/C20H18N2OS/c1-23-20-10-6-5-9-17(20)19-13-18(15-11-12-24-14-15)21-22(19)16-7-3-2-4-8-16/h2-12,14,19H,13H2,1H3. The molecule has 1 atom stereocenters. The normalized spacial score (nSPS) is 17.0. The molecule has 24 heavy (non-hydrogen) atoms. The summed E-state index contributed by atoms with van der Waals surface area (Å²) in [5, 5.41) is 11.3. The minimum Gasteiger partial charge on any atom is -0.496 e. The third-order valence-corrected chi connectivity index (χ3v) is 4.97. The van der Waals surface area contributed by atoms with E-state index in [0.717, 1.165) is 29.1 Å². The van der Waals surface area contributed by atoms with Gasteiger partial charge in [0.25, 0.3) is 0 Å². The zero-order chi connectivity index (χ0) is 16.4. The number of hydrogen-bond acceptors (Lipinski definition) is 4. The molecule has 1 aromatic heterocycles. The van der Waals surface area contributed by atoms with Gasteiger partial charge in [0.2, 0.25) is 0 Å². The van der Waals surface area contributed by atoms with Crippen LogP contribution in [0.3, 0.4) is 0 Å². The molecule has 0 N–H and O–H groups in total. The minimum atomic E-state index is 0.137. The number of rotatable bonds is 4. The number of nitrogens with zero attached hydrogens (tertiary/aromatic N) is 2. The molecule has 4 heteroatoms. The van der Waals surface area contributed by atoms with Crippen molar-refractivity contribution in [2.24, 2.45) is 5.10 Å². The molecule has 0 bridgehead atoms. The van der Waals surface area contributed by atoms with Crippen LogP contribution in [0.1, 0.15) is 23.6 Å². The first kappa shape index (κ1) is 15.0. The second-order valence-electron chi connectivity index (χ2n) is 5.70. The van der Waals surface area contributed by atoms with Crippen LogP contribution in [0.25, 0.3) is 0 Å². The molecule has 3 aromatic rings. The van der Waals surface area contributed by atoms with Crippen molar-refractivity contribution in [3.05, 3.63) is 82.6 Å². The number of para-hydroxylation sites is 2. The van der Waals surface area contributed by atoms with Crippen molar-refractivity contribution in [1.29, 1.82) is 0 Å². The van der Waals surface area contributed by atoms with Gasteiger partial charge in [-0.25, -0.2) is 0 Å². The third kappa shape index (κ3) is 2.69. The highest BCUT2D eigenvalue weighted by atomic mass is 32.1. The smallest absolute Gasteiger partial charge is 0.124 e. The van der Waals surface area contributed by atoms with Gasteiger partial charge in [0, 0.05) is 17.5 Å². The molecule has 1 aliphatic heterocycles. The van der Waals surface area contributed by atoms with E-state index in [0.29, 0.717) is 0 Å². The summed E-state index contributed by atoms with van der Waals surface area (Å²) in [7, 11) is 1.72. The molecule has 0 spiro atoms. The molecule has 0 saturated carbocycles. The predicted molar refractivity (Wildman–Crippen MR) is 100 cm³/mol. The Labute approximate surface area is 145 Å². The van der Waals surface area contributed by atoms with Gasteiger partial charge in [0.1, 0.15) is 5.75 Å². The van der Waals surface area contributed by atoms with E-state index in [2.05, 4.69) is 46.1 Å². The van der Waals surface area contributed by atoms with Crippen LogP contribution in [0.2, 0.25) is 0 Å². The lowest BCUT2D eigenvalue weighted by atomic mass is 9.98. The summed E-state index contributed by atoms with van der Waals surface area (Å²) in [6.45, 7) is 0. The molecule has 0 saturated heterocycles. The molecule has 0 radical (unpaired) electrons. The fourth-order valence-corrected chi connectivity index (χ4v) is 3.78. The monoisotopic (exact) mass is 334 g/mol. The first-order valence-corrected chi connectivity index (χ1v) is 8.88. The lowest BCUT2D eigenvalue weighted by Gasteiger charge is -2.25. The summed E-state index contributed by atoms with van der Waals surface area (Å²) >= 11 is 1.70. The SMILES string of the molecule is COc1ccccc1C1CC(c2ccsc2)=NN1c1ccccc1. The highest BCUT2D eigenvalue weighted by Gasteiger charge is 2.31. The zero-order valence-corrected chi connectivity index (χ0v) is 14.2. The van der Waals surface area contributed by atoms with E-state index >= 15 is 0 Å². The average Bonchev–Trinajstić information content (AvgIpc) is 3.32. The van der Waals surface area contributed by atoms with Crippen molar-refractivity contribution in [3.63, 3.8) is 0 Å². The van der Waals surface area contributed by atoms with Crippen LogP contribution in [0.5, 0.6) is 5.75 Å². The van der Waals surface area contributed by atoms with Crippen LogP contribution in [0, 0.1) is 0 Å². The Balaban J connectivity index is 1.78. The van der Waals surface area contributed by atoms with Gasteiger partial charge < -0.3 is 4.74 Å². The molecular weight excluding hydrogens is 316 g/mol. The van der Waals surface area contributed by atoms with Gasteiger partial charge >= 0.3 is 0 Å². The van der Waals surface area contributed by atoms with Crippen molar-refractivity contribution < 1.29 is 4.74 Å². The van der Waals surface area contributed by atoms with E-state index < -0.39 is 0 Å². The highest BCUT2D eigenvalue weighted by Crippen LogP contribution is 2.40. The Bertz CT molecular complexity index is 843. The van der Waals surface area contributed by atoms with Crippen molar-refractivity contribution in [2.45, 2.75) is 12.5 Å². The summed E-state index contributed by atoms with van der Waals surface area (Å²) in [5.41, 5.74) is 4.59. The summed E-state index contributed by atoms with van der Waals surface area (Å²) in [6, 6.07) is 20.8. The first-order chi connectivity index (χ1) is 11.9. The Kier molecular flexibility index (Phi) is 4.05. The van der Waals surface area contributed by atoms with E-state index in [1.165, 1.54) is 5.56 Å². The van der Waals surface area contributed by atoms with Gasteiger partial charge in [-0.3, -0.25) is 5.01 Å². The van der Waals surface area contributed by atoms with Crippen LogP contribution >= 0.6 is 11.3 Å². The number of anilines is 1. The third-order valence-electron chi connectivity index (χ3n) is 4.28. The molecule has 3 nitrogen and oxygen atoms in total.